The largest absolute Gasteiger partial charge is 0.278 e. The molecule has 4 nitrogen and oxygen atoms in total. The molecule has 9 aromatic rings. The second kappa shape index (κ2) is 10.2. The van der Waals surface area contributed by atoms with Crippen LogP contribution in [0.4, 0.5) is 0 Å². The average molecular weight is 575 g/mol. The summed E-state index contributed by atoms with van der Waals surface area (Å²) < 4.78 is 2.16. The minimum atomic E-state index is 0.595. The number of benzene rings is 7. The Morgan fingerprint density at radius 1 is 0.356 bits per heavy atom. The van der Waals surface area contributed by atoms with Gasteiger partial charge in [-0.15, -0.1) is 0 Å². The van der Waals surface area contributed by atoms with Crippen LogP contribution in [-0.4, -0.2) is 19.5 Å². The number of aromatic nitrogens is 4. The molecular weight excluding hydrogens is 548 g/mol. The maximum atomic E-state index is 5.16. The van der Waals surface area contributed by atoms with Crippen LogP contribution in [0.1, 0.15) is 0 Å². The molecular formula is C41H26N4. The molecule has 0 amide bonds. The first kappa shape index (κ1) is 25.4. The van der Waals surface area contributed by atoms with Gasteiger partial charge in [-0.1, -0.05) is 133 Å². The van der Waals surface area contributed by atoms with Gasteiger partial charge in [-0.3, -0.25) is 4.57 Å². The van der Waals surface area contributed by atoms with E-state index >= 15 is 0 Å². The summed E-state index contributed by atoms with van der Waals surface area (Å²) in [5.41, 5.74) is 6.31. The molecule has 0 bridgehead atoms. The monoisotopic (exact) mass is 574 g/mol. The Balaban J connectivity index is 1.29. The fourth-order valence-corrected chi connectivity index (χ4v) is 6.57. The van der Waals surface area contributed by atoms with Crippen molar-refractivity contribution in [2.75, 3.05) is 0 Å². The summed E-state index contributed by atoms with van der Waals surface area (Å²) in [6, 6.07) is 55.1. The Morgan fingerprint density at radius 2 is 0.889 bits per heavy atom. The molecule has 0 fully saturated rings. The average Bonchev–Trinajstić information content (AvgIpc) is 3.46. The number of hydrogen-bond acceptors (Lipinski definition) is 3. The molecule has 7 aromatic carbocycles. The third-order valence-electron chi connectivity index (χ3n) is 8.64. The Bertz CT molecular complexity index is 2490. The van der Waals surface area contributed by atoms with E-state index in [9.17, 15) is 0 Å². The summed E-state index contributed by atoms with van der Waals surface area (Å²) in [5.74, 6) is 1.87. The van der Waals surface area contributed by atoms with Crippen LogP contribution < -0.4 is 0 Å². The van der Waals surface area contributed by atoms with Crippen molar-refractivity contribution in [2.24, 2.45) is 0 Å². The maximum Gasteiger partial charge on any atom is 0.238 e. The Kier molecular flexibility index (Phi) is 5.78. The second-order valence-corrected chi connectivity index (χ2v) is 11.3. The molecule has 0 aliphatic rings. The third kappa shape index (κ3) is 4.19. The van der Waals surface area contributed by atoms with Crippen molar-refractivity contribution < 1.29 is 0 Å². The van der Waals surface area contributed by atoms with Crippen LogP contribution in [0.25, 0.3) is 83.2 Å². The van der Waals surface area contributed by atoms with Gasteiger partial charge in [-0.25, -0.2) is 4.98 Å². The van der Waals surface area contributed by atoms with E-state index in [-0.39, 0.29) is 0 Å². The first-order valence-electron chi connectivity index (χ1n) is 15.1. The van der Waals surface area contributed by atoms with Crippen molar-refractivity contribution in [2.45, 2.75) is 0 Å². The number of para-hydroxylation sites is 2. The molecule has 210 valence electrons. The fourth-order valence-electron chi connectivity index (χ4n) is 6.57. The molecule has 0 unspecified atom stereocenters. The van der Waals surface area contributed by atoms with E-state index in [2.05, 4.69) is 132 Å². The first-order chi connectivity index (χ1) is 22.3. The highest BCUT2D eigenvalue weighted by molar-refractivity contribution is 6.14. The van der Waals surface area contributed by atoms with E-state index in [0.717, 1.165) is 27.7 Å². The topological polar surface area (TPSA) is 43.6 Å². The second-order valence-electron chi connectivity index (χ2n) is 11.3. The highest BCUT2D eigenvalue weighted by atomic mass is 15.2. The van der Waals surface area contributed by atoms with Crippen molar-refractivity contribution in [1.29, 1.82) is 0 Å². The third-order valence-corrected chi connectivity index (χ3v) is 8.64. The fraction of sp³-hybridized carbons (Fsp3) is 0. The quantitative estimate of drug-likeness (QED) is 0.196. The lowest BCUT2D eigenvalue weighted by molar-refractivity contribution is 0.953. The first-order valence-corrected chi connectivity index (χ1v) is 15.1. The lowest BCUT2D eigenvalue weighted by Gasteiger charge is -2.13. The minimum Gasteiger partial charge on any atom is -0.278 e. The van der Waals surface area contributed by atoms with Gasteiger partial charge in [0.05, 0.1) is 11.0 Å². The van der Waals surface area contributed by atoms with Crippen molar-refractivity contribution in [3.63, 3.8) is 0 Å². The van der Waals surface area contributed by atoms with Gasteiger partial charge >= 0.3 is 0 Å². The molecule has 45 heavy (non-hydrogen) atoms. The van der Waals surface area contributed by atoms with E-state index in [1.54, 1.807) is 0 Å². The molecule has 9 rings (SSSR count). The summed E-state index contributed by atoms with van der Waals surface area (Å²) in [7, 11) is 0. The van der Waals surface area contributed by atoms with Gasteiger partial charge in [0.1, 0.15) is 0 Å². The van der Waals surface area contributed by atoms with Crippen LogP contribution in [0.2, 0.25) is 0 Å². The summed E-state index contributed by atoms with van der Waals surface area (Å²) in [6.45, 7) is 0. The van der Waals surface area contributed by atoms with Gasteiger partial charge in [-0.05, 0) is 56.9 Å². The molecule has 0 saturated heterocycles. The van der Waals surface area contributed by atoms with Gasteiger partial charge in [-0.2, -0.15) is 9.97 Å². The van der Waals surface area contributed by atoms with Gasteiger partial charge in [0.25, 0.3) is 0 Å². The SMILES string of the molecule is c1ccc(-c2nc(-c3cccc(-c4cc5ccccc5c5ccccc45)c3)nc(-n3c4ccccc4c4ccccc43)n2)cc1. The molecule has 2 heterocycles. The van der Waals surface area contributed by atoms with Crippen molar-refractivity contribution >= 4 is 43.4 Å². The van der Waals surface area contributed by atoms with E-state index in [1.807, 2.05) is 30.3 Å². The minimum absolute atomic E-state index is 0.595. The highest BCUT2D eigenvalue weighted by Crippen LogP contribution is 2.37. The molecule has 0 spiro atoms. The smallest absolute Gasteiger partial charge is 0.238 e. The van der Waals surface area contributed by atoms with Crippen LogP contribution in [0, 0.1) is 0 Å². The Labute approximate surface area is 259 Å². The molecule has 0 aliphatic heterocycles. The van der Waals surface area contributed by atoms with Crippen LogP contribution in [0.15, 0.2) is 158 Å². The van der Waals surface area contributed by atoms with Crippen LogP contribution in [0.5, 0.6) is 0 Å². The molecule has 0 N–H and O–H groups in total. The van der Waals surface area contributed by atoms with E-state index in [4.69, 9.17) is 15.0 Å². The van der Waals surface area contributed by atoms with Crippen LogP contribution >= 0.6 is 0 Å². The van der Waals surface area contributed by atoms with Gasteiger partial charge in [0, 0.05) is 21.9 Å². The van der Waals surface area contributed by atoms with Crippen molar-refractivity contribution in [3.8, 4) is 39.9 Å². The van der Waals surface area contributed by atoms with E-state index in [1.165, 1.54) is 37.9 Å². The Morgan fingerprint density at radius 3 is 1.62 bits per heavy atom. The highest BCUT2D eigenvalue weighted by Gasteiger charge is 2.18. The van der Waals surface area contributed by atoms with Gasteiger partial charge < -0.3 is 0 Å². The lowest BCUT2D eigenvalue weighted by atomic mass is 9.92. The Hall–Kier alpha value is -6.13. The molecule has 0 radical (unpaired) electrons. The van der Waals surface area contributed by atoms with Crippen molar-refractivity contribution in [1.82, 2.24) is 19.5 Å². The van der Waals surface area contributed by atoms with Gasteiger partial charge in [0.15, 0.2) is 11.6 Å². The molecule has 0 atom stereocenters. The predicted molar refractivity (Wildman–Crippen MR) is 185 cm³/mol. The summed E-state index contributed by atoms with van der Waals surface area (Å²) >= 11 is 0. The van der Waals surface area contributed by atoms with Crippen molar-refractivity contribution in [3.05, 3.63) is 158 Å². The predicted octanol–water partition coefficient (Wildman–Crippen LogP) is 10.3. The van der Waals surface area contributed by atoms with E-state index in [0.29, 0.717) is 17.6 Å². The van der Waals surface area contributed by atoms with Crippen LogP contribution in [-0.2, 0) is 0 Å². The lowest BCUT2D eigenvalue weighted by Crippen LogP contribution is -2.06. The maximum absolute atomic E-state index is 5.16. The number of nitrogens with zero attached hydrogens (tertiary/aromatic N) is 4. The molecule has 0 aliphatic carbocycles. The number of rotatable bonds is 4. The van der Waals surface area contributed by atoms with Gasteiger partial charge in [0.2, 0.25) is 5.95 Å². The number of hydrogen-bond donors (Lipinski definition) is 0. The summed E-state index contributed by atoms with van der Waals surface area (Å²) in [4.78, 5) is 15.3. The molecule has 4 heteroatoms. The normalized spacial score (nSPS) is 11.6. The van der Waals surface area contributed by atoms with Crippen LogP contribution in [0.3, 0.4) is 0 Å². The van der Waals surface area contributed by atoms with E-state index < -0.39 is 0 Å². The zero-order chi connectivity index (χ0) is 29.7. The summed E-state index contributed by atoms with van der Waals surface area (Å²) in [5, 5.41) is 7.28. The summed E-state index contributed by atoms with van der Waals surface area (Å²) in [6.07, 6.45) is 0. The standard InChI is InChI=1S/C41H26N4/c1-2-13-27(14-3-1)39-42-40(44-41(43-39)45-37-23-10-8-21-34(37)35-22-9-11-24-38(35)45)30-17-12-16-28(25-30)36-26-29-15-4-5-18-31(29)32-19-6-7-20-33(32)36/h1-26H. The molecule has 2 aromatic heterocycles. The molecule has 0 saturated carbocycles. The zero-order valence-electron chi connectivity index (χ0n) is 24.3. The zero-order valence-corrected chi connectivity index (χ0v) is 24.3. The number of fused-ring (bicyclic) bond motifs is 6.